The number of pyridine rings is 1. The van der Waals surface area contributed by atoms with Crippen molar-refractivity contribution in [2.75, 3.05) is 39.0 Å². The molecule has 2 aromatic rings. The fourth-order valence-corrected chi connectivity index (χ4v) is 3.52. The number of aromatic nitrogens is 1. The first-order chi connectivity index (χ1) is 19.3. The van der Waals surface area contributed by atoms with Crippen LogP contribution in [0.3, 0.4) is 0 Å². The first-order valence-corrected chi connectivity index (χ1v) is 12.7. The fraction of sp³-hybridized carbons (Fsp3) is 0.481. The second kappa shape index (κ2) is 15.9. The van der Waals surface area contributed by atoms with Gasteiger partial charge in [-0.15, -0.1) is 0 Å². The van der Waals surface area contributed by atoms with E-state index in [-0.39, 0.29) is 5.91 Å². The molecule has 1 aromatic carbocycles. The van der Waals surface area contributed by atoms with Crippen LogP contribution in [0.15, 0.2) is 36.4 Å². The van der Waals surface area contributed by atoms with Crippen molar-refractivity contribution in [2.45, 2.75) is 45.6 Å². The van der Waals surface area contributed by atoms with E-state index < -0.39 is 24.3 Å². The Morgan fingerprint density at radius 3 is 1.90 bits per heavy atom. The van der Waals surface area contributed by atoms with Gasteiger partial charge < -0.3 is 20.4 Å². The summed E-state index contributed by atoms with van der Waals surface area (Å²) in [6.07, 6.45) is -8.33. The van der Waals surface area contributed by atoms with Gasteiger partial charge in [0.15, 0.2) is 0 Å². The Kier molecular flexibility index (Phi) is 13.7. The summed E-state index contributed by atoms with van der Waals surface area (Å²) in [4.78, 5) is 39.5. The lowest BCUT2D eigenvalue weighted by molar-refractivity contribution is -0.193. The second-order valence-electron chi connectivity index (χ2n) is 9.83. The smallest absolute Gasteiger partial charge is 0.475 e. The van der Waals surface area contributed by atoms with Crippen LogP contribution >= 0.6 is 0 Å². The van der Waals surface area contributed by atoms with Crippen molar-refractivity contribution in [1.29, 1.82) is 0 Å². The Morgan fingerprint density at radius 1 is 0.952 bits per heavy atom. The van der Waals surface area contributed by atoms with E-state index in [1.54, 1.807) is 19.0 Å². The lowest BCUT2D eigenvalue weighted by Gasteiger charge is -2.19. The summed E-state index contributed by atoms with van der Waals surface area (Å²) in [7, 11) is 3.59. The zero-order valence-corrected chi connectivity index (χ0v) is 23.5. The third-order valence-corrected chi connectivity index (χ3v) is 5.60. The number of amides is 1. The SMILES string of the molecule is CC(C)CNc1nc2c(cc1C(=O)N(C)C)CCN(Cc1ccccc1)CC2.O=C(O)C(F)(F)F.O=C(O)C(F)(F)F. The maximum Gasteiger partial charge on any atom is 0.490 e. The van der Waals surface area contributed by atoms with Gasteiger partial charge in [0.2, 0.25) is 0 Å². The topological polar surface area (TPSA) is 123 Å². The number of benzene rings is 1. The molecule has 3 rings (SSSR count). The van der Waals surface area contributed by atoms with Crippen molar-refractivity contribution in [2.24, 2.45) is 5.92 Å². The van der Waals surface area contributed by atoms with Crippen molar-refractivity contribution in [3.8, 4) is 0 Å². The van der Waals surface area contributed by atoms with Gasteiger partial charge in [0.1, 0.15) is 5.82 Å². The van der Waals surface area contributed by atoms with Gasteiger partial charge in [0.05, 0.1) is 5.56 Å². The van der Waals surface area contributed by atoms with Crippen molar-refractivity contribution in [3.63, 3.8) is 0 Å². The van der Waals surface area contributed by atoms with Gasteiger partial charge in [-0.3, -0.25) is 9.69 Å². The standard InChI is InChI=1S/C23H32N4O.2C2HF3O2/c1-17(2)15-24-22-20(23(28)26(3)4)14-19-10-12-27(13-11-21(19)25-22)16-18-8-6-5-7-9-18;2*3-2(4,5)1(6)7/h5-9,14,17H,10-13,15-16H2,1-4H3,(H,24,25);2*(H,6,7). The minimum absolute atomic E-state index is 0.00643. The summed E-state index contributed by atoms with van der Waals surface area (Å²) in [6, 6.07) is 12.7. The molecule has 9 nitrogen and oxygen atoms in total. The monoisotopic (exact) mass is 608 g/mol. The number of aliphatic carboxylic acids is 2. The van der Waals surface area contributed by atoms with Crippen LogP contribution in [0.4, 0.5) is 32.2 Å². The van der Waals surface area contributed by atoms with Crippen LogP contribution in [0.1, 0.15) is 41.0 Å². The molecule has 1 aliphatic rings. The Hall–Kier alpha value is -3.88. The van der Waals surface area contributed by atoms with Gasteiger partial charge in [0.25, 0.3) is 5.91 Å². The number of fused-ring (bicyclic) bond motifs is 1. The summed E-state index contributed by atoms with van der Waals surface area (Å²) < 4.78 is 63.5. The third kappa shape index (κ3) is 12.7. The Labute approximate surface area is 239 Å². The number of halogens is 6. The molecule has 15 heteroatoms. The number of hydrogen-bond donors (Lipinski definition) is 3. The minimum atomic E-state index is -5.08. The van der Waals surface area contributed by atoms with Crippen LogP contribution in [0, 0.1) is 5.92 Å². The lowest BCUT2D eigenvalue weighted by Crippen LogP contribution is -2.25. The number of nitrogens with one attached hydrogen (secondary N) is 1. The van der Waals surface area contributed by atoms with Crippen molar-refractivity contribution in [3.05, 3.63) is 58.8 Å². The molecule has 0 saturated carbocycles. The number of carboxylic acids is 2. The second-order valence-corrected chi connectivity index (χ2v) is 9.83. The maximum absolute atomic E-state index is 12.7. The number of anilines is 1. The van der Waals surface area contributed by atoms with Crippen LogP contribution in [-0.2, 0) is 29.0 Å². The molecule has 2 heterocycles. The van der Waals surface area contributed by atoms with E-state index in [1.807, 2.05) is 0 Å². The van der Waals surface area contributed by atoms with E-state index in [0.717, 1.165) is 50.5 Å². The summed E-state index contributed by atoms with van der Waals surface area (Å²) in [6.45, 7) is 8.05. The Balaban J connectivity index is 0.000000522. The summed E-state index contributed by atoms with van der Waals surface area (Å²) in [5.41, 5.74) is 4.35. The van der Waals surface area contributed by atoms with E-state index in [4.69, 9.17) is 24.8 Å². The third-order valence-electron chi connectivity index (χ3n) is 5.60. The highest BCUT2D eigenvalue weighted by molar-refractivity contribution is 5.98. The number of carbonyl (C=O) groups is 3. The van der Waals surface area contributed by atoms with Crippen molar-refractivity contribution < 1.29 is 50.9 Å². The van der Waals surface area contributed by atoms with Crippen LogP contribution < -0.4 is 5.32 Å². The van der Waals surface area contributed by atoms with Crippen LogP contribution in [0.25, 0.3) is 0 Å². The van der Waals surface area contributed by atoms with Crippen molar-refractivity contribution in [1.82, 2.24) is 14.8 Å². The minimum Gasteiger partial charge on any atom is -0.475 e. The molecule has 0 aliphatic carbocycles. The number of carbonyl (C=O) groups excluding carboxylic acids is 1. The lowest BCUT2D eigenvalue weighted by atomic mass is 10.0. The number of rotatable bonds is 6. The van der Waals surface area contributed by atoms with Gasteiger partial charge in [-0.2, -0.15) is 26.3 Å². The highest BCUT2D eigenvalue weighted by atomic mass is 19.4. The molecule has 3 N–H and O–H groups in total. The van der Waals surface area contributed by atoms with Gasteiger partial charge >= 0.3 is 24.3 Å². The molecule has 0 fully saturated rings. The van der Waals surface area contributed by atoms with E-state index in [0.29, 0.717) is 11.5 Å². The predicted molar refractivity (Wildman–Crippen MR) is 142 cm³/mol. The molecule has 42 heavy (non-hydrogen) atoms. The molecule has 0 radical (unpaired) electrons. The van der Waals surface area contributed by atoms with Gasteiger partial charge in [0, 0.05) is 52.4 Å². The van der Waals surface area contributed by atoms with E-state index in [1.165, 1.54) is 11.1 Å². The zero-order chi connectivity index (χ0) is 32.3. The summed E-state index contributed by atoms with van der Waals surface area (Å²) in [5.74, 6) is -4.29. The summed E-state index contributed by atoms with van der Waals surface area (Å²) in [5, 5.41) is 17.6. The molecule has 0 atom stereocenters. The van der Waals surface area contributed by atoms with E-state index in [9.17, 15) is 31.1 Å². The Bertz CT molecular complexity index is 1160. The zero-order valence-electron chi connectivity index (χ0n) is 23.5. The normalized spacial score (nSPS) is 13.4. The first kappa shape index (κ1) is 36.1. The number of hydrogen-bond acceptors (Lipinski definition) is 6. The van der Waals surface area contributed by atoms with Crippen LogP contribution in [0.2, 0.25) is 0 Å². The van der Waals surface area contributed by atoms with Crippen LogP contribution in [0.5, 0.6) is 0 Å². The summed E-state index contributed by atoms with van der Waals surface area (Å²) >= 11 is 0. The first-order valence-electron chi connectivity index (χ1n) is 12.7. The highest BCUT2D eigenvalue weighted by Gasteiger charge is 2.38. The quantitative estimate of drug-likeness (QED) is 0.403. The molecule has 0 unspecified atom stereocenters. The maximum atomic E-state index is 12.7. The molecular formula is C27H34F6N4O5. The molecule has 0 spiro atoms. The number of carboxylic acid groups (broad SMARTS) is 2. The van der Waals surface area contributed by atoms with Crippen molar-refractivity contribution >= 4 is 23.7 Å². The molecule has 234 valence electrons. The molecule has 0 saturated heterocycles. The molecular weight excluding hydrogens is 574 g/mol. The molecule has 0 bridgehead atoms. The average Bonchev–Trinajstić information content (AvgIpc) is 3.08. The largest absolute Gasteiger partial charge is 0.490 e. The molecule has 1 aromatic heterocycles. The van der Waals surface area contributed by atoms with Crippen LogP contribution in [-0.4, -0.2) is 88.9 Å². The average molecular weight is 609 g/mol. The highest BCUT2D eigenvalue weighted by Crippen LogP contribution is 2.24. The predicted octanol–water partition coefficient (Wildman–Crippen LogP) is 4.72. The van der Waals surface area contributed by atoms with Gasteiger partial charge in [-0.1, -0.05) is 44.2 Å². The molecule has 1 amide bonds. The fourth-order valence-electron chi connectivity index (χ4n) is 3.52. The Morgan fingerprint density at radius 2 is 1.45 bits per heavy atom. The van der Waals surface area contributed by atoms with E-state index >= 15 is 0 Å². The number of alkyl halides is 6. The van der Waals surface area contributed by atoms with Gasteiger partial charge in [-0.05, 0) is 29.5 Å². The number of nitrogens with zero attached hydrogens (tertiary/aromatic N) is 3. The van der Waals surface area contributed by atoms with E-state index in [2.05, 4.69) is 60.5 Å². The van der Waals surface area contributed by atoms with Gasteiger partial charge in [-0.25, -0.2) is 14.6 Å². The molecule has 1 aliphatic heterocycles.